The van der Waals surface area contributed by atoms with Crippen molar-refractivity contribution in [3.63, 3.8) is 0 Å². The van der Waals surface area contributed by atoms with Crippen molar-refractivity contribution in [2.24, 2.45) is 0 Å². The fourth-order valence-electron chi connectivity index (χ4n) is 2.02. The Bertz CT molecular complexity index is 584. The van der Waals surface area contributed by atoms with Crippen molar-refractivity contribution in [3.05, 3.63) is 41.2 Å². The van der Waals surface area contributed by atoms with Gasteiger partial charge in [0.2, 0.25) is 5.91 Å². The van der Waals surface area contributed by atoms with Crippen molar-refractivity contribution >= 4 is 22.4 Å². The van der Waals surface area contributed by atoms with E-state index in [0.717, 1.165) is 10.8 Å². The van der Waals surface area contributed by atoms with Gasteiger partial charge in [-0.25, -0.2) is 4.98 Å². The molecule has 2 aromatic rings. The number of carbonyl (C=O) groups is 1. The molecule has 0 saturated carbocycles. The number of pyridine rings is 1. The molecule has 1 atom stereocenters. The SMILES string of the molecule is CCN(C(C)=O)c1nc(CN[C@H](C)c2ccncc2)cs1. The lowest BCUT2D eigenvalue weighted by Gasteiger charge is -2.15. The van der Waals surface area contributed by atoms with E-state index < -0.39 is 0 Å². The maximum atomic E-state index is 11.5. The summed E-state index contributed by atoms with van der Waals surface area (Å²) in [6.07, 6.45) is 3.58. The van der Waals surface area contributed by atoms with E-state index >= 15 is 0 Å². The van der Waals surface area contributed by atoms with E-state index in [1.54, 1.807) is 24.2 Å². The summed E-state index contributed by atoms with van der Waals surface area (Å²) >= 11 is 1.50. The number of rotatable bonds is 6. The van der Waals surface area contributed by atoms with Gasteiger partial charge < -0.3 is 5.32 Å². The molecule has 2 rings (SSSR count). The van der Waals surface area contributed by atoms with Crippen LogP contribution in [0.5, 0.6) is 0 Å². The summed E-state index contributed by atoms with van der Waals surface area (Å²) < 4.78 is 0. The standard InChI is InChI=1S/C15H20N4OS/c1-4-19(12(3)20)15-18-14(10-21-15)9-17-11(2)13-5-7-16-8-6-13/h5-8,10-11,17H,4,9H2,1-3H3/t11-/m1/s1. The third kappa shape index (κ3) is 4.09. The van der Waals surface area contributed by atoms with Crippen molar-refractivity contribution in [1.29, 1.82) is 0 Å². The van der Waals surface area contributed by atoms with Gasteiger partial charge in [-0.3, -0.25) is 14.7 Å². The Morgan fingerprint density at radius 2 is 2.14 bits per heavy atom. The van der Waals surface area contributed by atoms with E-state index in [2.05, 4.69) is 22.2 Å². The van der Waals surface area contributed by atoms with E-state index in [9.17, 15) is 4.79 Å². The monoisotopic (exact) mass is 304 g/mol. The molecule has 0 bridgehead atoms. The van der Waals surface area contributed by atoms with Crippen molar-refractivity contribution in [2.75, 3.05) is 11.4 Å². The molecule has 0 aliphatic rings. The molecule has 0 aliphatic carbocycles. The molecule has 0 spiro atoms. The molecule has 0 aliphatic heterocycles. The Kier molecular flexibility index (Phi) is 5.41. The van der Waals surface area contributed by atoms with Crippen molar-refractivity contribution in [1.82, 2.24) is 15.3 Å². The maximum Gasteiger partial charge on any atom is 0.225 e. The molecule has 6 heteroatoms. The highest BCUT2D eigenvalue weighted by atomic mass is 32.1. The maximum absolute atomic E-state index is 11.5. The van der Waals surface area contributed by atoms with Crippen LogP contribution in [0.4, 0.5) is 5.13 Å². The van der Waals surface area contributed by atoms with E-state index in [1.807, 2.05) is 24.4 Å². The van der Waals surface area contributed by atoms with Gasteiger partial charge in [0.25, 0.3) is 0 Å². The van der Waals surface area contributed by atoms with Gasteiger partial charge in [0.05, 0.1) is 5.69 Å². The number of nitrogens with one attached hydrogen (secondary N) is 1. The van der Waals surface area contributed by atoms with E-state index in [1.165, 1.54) is 16.9 Å². The van der Waals surface area contributed by atoms with Gasteiger partial charge in [0.1, 0.15) is 0 Å². The summed E-state index contributed by atoms with van der Waals surface area (Å²) in [6, 6.07) is 4.23. The van der Waals surface area contributed by atoms with Gasteiger partial charge in [0.15, 0.2) is 5.13 Å². The molecule has 5 nitrogen and oxygen atoms in total. The van der Waals surface area contributed by atoms with Crippen molar-refractivity contribution in [3.8, 4) is 0 Å². The second kappa shape index (κ2) is 7.28. The van der Waals surface area contributed by atoms with Crippen LogP contribution in [0.2, 0.25) is 0 Å². The first-order valence-electron chi connectivity index (χ1n) is 6.97. The molecule has 0 radical (unpaired) electrons. The molecule has 0 aromatic carbocycles. The fourth-order valence-corrected chi connectivity index (χ4v) is 2.95. The Hall–Kier alpha value is -1.79. The minimum atomic E-state index is 0.0245. The van der Waals surface area contributed by atoms with Crippen LogP contribution in [0.1, 0.15) is 38.1 Å². The zero-order valence-electron chi connectivity index (χ0n) is 12.5. The van der Waals surface area contributed by atoms with Gasteiger partial charge in [-0.15, -0.1) is 11.3 Å². The predicted molar refractivity (Wildman–Crippen MR) is 85.3 cm³/mol. The van der Waals surface area contributed by atoms with Crippen LogP contribution in [-0.4, -0.2) is 22.4 Å². The zero-order chi connectivity index (χ0) is 15.2. The highest BCUT2D eigenvalue weighted by Crippen LogP contribution is 2.21. The molecular weight excluding hydrogens is 284 g/mol. The number of aromatic nitrogens is 2. The normalized spacial score (nSPS) is 12.1. The first kappa shape index (κ1) is 15.6. The Morgan fingerprint density at radius 3 is 2.76 bits per heavy atom. The number of amides is 1. The van der Waals surface area contributed by atoms with Crippen molar-refractivity contribution in [2.45, 2.75) is 33.4 Å². The molecule has 2 heterocycles. The number of hydrogen-bond donors (Lipinski definition) is 1. The lowest BCUT2D eigenvalue weighted by Crippen LogP contribution is -2.27. The Labute approximate surface area is 129 Å². The largest absolute Gasteiger partial charge is 0.305 e. The summed E-state index contributed by atoms with van der Waals surface area (Å²) in [5.41, 5.74) is 2.15. The molecule has 0 unspecified atom stereocenters. The van der Waals surface area contributed by atoms with Gasteiger partial charge in [0, 0.05) is 43.8 Å². The van der Waals surface area contributed by atoms with Crippen LogP contribution in [0.15, 0.2) is 29.9 Å². The first-order valence-corrected chi connectivity index (χ1v) is 7.85. The number of nitrogens with zero attached hydrogens (tertiary/aromatic N) is 3. The lowest BCUT2D eigenvalue weighted by molar-refractivity contribution is -0.116. The summed E-state index contributed by atoms with van der Waals surface area (Å²) in [5, 5.41) is 6.18. The summed E-state index contributed by atoms with van der Waals surface area (Å²) in [7, 11) is 0. The highest BCUT2D eigenvalue weighted by molar-refractivity contribution is 7.14. The predicted octanol–water partition coefficient (Wildman–Crippen LogP) is 2.76. The van der Waals surface area contributed by atoms with E-state index in [0.29, 0.717) is 13.1 Å². The fraction of sp³-hybridized carbons (Fsp3) is 0.400. The van der Waals surface area contributed by atoms with Crippen molar-refractivity contribution < 1.29 is 4.79 Å². The third-order valence-corrected chi connectivity index (χ3v) is 4.17. The molecule has 1 N–H and O–H groups in total. The van der Waals surface area contributed by atoms with Crippen LogP contribution < -0.4 is 10.2 Å². The molecular formula is C15H20N4OS. The minimum Gasteiger partial charge on any atom is -0.305 e. The van der Waals surface area contributed by atoms with Crippen LogP contribution in [0.3, 0.4) is 0 Å². The van der Waals surface area contributed by atoms with E-state index in [4.69, 9.17) is 0 Å². The molecule has 1 amide bonds. The molecule has 21 heavy (non-hydrogen) atoms. The number of thiazole rings is 1. The summed E-state index contributed by atoms with van der Waals surface area (Å²) in [6.45, 7) is 6.94. The third-order valence-electron chi connectivity index (χ3n) is 3.26. The van der Waals surface area contributed by atoms with Crippen LogP contribution in [-0.2, 0) is 11.3 Å². The van der Waals surface area contributed by atoms with Crippen LogP contribution >= 0.6 is 11.3 Å². The minimum absolute atomic E-state index is 0.0245. The smallest absolute Gasteiger partial charge is 0.225 e. The molecule has 0 saturated heterocycles. The van der Waals surface area contributed by atoms with Gasteiger partial charge in [-0.2, -0.15) is 0 Å². The second-order valence-corrected chi connectivity index (χ2v) is 5.60. The lowest BCUT2D eigenvalue weighted by atomic mass is 10.1. The Balaban J connectivity index is 1.95. The van der Waals surface area contributed by atoms with Gasteiger partial charge >= 0.3 is 0 Å². The average Bonchev–Trinajstić information content (AvgIpc) is 2.94. The second-order valence-electron chi connectivity index (χ2n) is 4.77. The molecule has 112 valence electrons. The zero-order valence-corrected chi connectivity index (χ0v) is 13.4. The summed E-state index contributed by atoms with van der Waals surface area (Å²) in [4.78, 5) is 21.7. The topological polar surface area (TPSA) is 58.1 Å². The van der Waals surface area contributed by atoms with Gasteiger partial charge in [-0.1, -0.05) is 0 Å². The quantitative estimate of drug-likeness (QED) is 0.891. The molecule has 0 fully saturated rings. The van der Waals surface area contributed by atoms with Gasteiger partial charge in [-0.05, 0) is 31.5 Å². The number of hydrogen-bond acceptors (Lipinski definition) is 5. The highest BCUT2D eigenvalue weighted by Gasteiger charge is 2.13. The Morgan fingerprint density at radius 1 is 1.43 bits per heavy atom. The first-order chi connectivity index (χ1) is 10.1. The van der Waals surface area contributed by atoms with Crippen LogP contribution in [0, 0.1) is 0 Å². The average molecular weight is 304 g/mol. The van der Waals surface area contributed by atoms with E-state index in [-0.39, 0.29) is 11.9 Å². The molecule has 2 aromatic heterocycles. The number of carbonyl (C=O) groups excluding carboxylic acids is 1. The van der Waals surface area contributed by atoms with Crippen LogP contribution in [0.25, 0.3) is 0 Å². The summed E-state index contributed by atoms with van der Waals surface area (Å²) in [5.74, 6) is 0.0245. The number of anilines is 1.